The fourth-order valence-corrected chi connectivity index (χ4v) is 2.30. The number of rotatable bonds is 4. The Bertz CT molecular complexity index is 505. The van der Waals surface area contributed by atoms with Crippen molar-refractivity contribution in [3.63, 3.8) is 0 Å². The first-order valence-electron chi connectivity index (χ1n) is 6.45. The van der Waals surface area contributed by atoms with Crippen LogP contribution in [-0.4, -0.2) is 29.4 Å². The third-order valence-corrected chi connectivity index (χ3v) is 3.28. The van der Waals surface area contributed by atoms with Crippen molar-refractivity contribution in [2.24, 2.45) is 0 Å². The van der Waals surface area contributed by atoms with Gasteiger partial charge in [-0.15, -0.1) is 0 Å². The van der Waals surface area contributed by atoms with Gasteiger partial charge in [-0.2, -0.15) is 0 Å². The Morgan fingerprint density at radius 3 is 2.95 bits per heavy atom. The lowest BCUT2D eigenvalue weighted by atomic mass is 10.0. The van der Waals surface area contributed by atoms with Gasteiger partial charge in [0.1, 0.15) is 6.10 Å². The molecule has 1 aliphatic carbocycles. The number of ether oxygens (including phenoxy) is 1. The molecular formula is C15H18O4. The molecule has 0 heterocycles. The standard InChI is InChI=1S/C15H18O4/c1-2-19-15(18)8-11-5-3-10-4-6-12(7-13(10)11)14(17)9-16/h4,6-8,14,16-17H,2-3,5,9H2,1H3/b11-8+. The van der Waals surface area contributed by atoms with Crippen LogP contribution in [0.1, 0.15) is 36.1 Å². The summed E-state index contributed by atoms with van der Waals surface area (Å²) in [6.07, 6.45) is 2.32. The fraction of sp³-hybridized carbons (Fsp3) is 0.400. The van der Waals surface area contributed by atoms with E-state index in [-0.39, 0.29) is 12.6 Å². The monoisotopic (exact) mass is 262 g/mol. The third-order valence-electron chi connectivity index (χ3n) is 3.28. The molecule has 1 aliphatic rings. The van der Waals surface area contributed by atoms with E-state index < -0.39 is 6.10 Å². The molecule has 0 amide bonds. The Kier molecular flexibility index (Phi) is 4.35. The van der Waals surface area contributed by atoms with Crippen LogP contribution in [0, 0.1) is 0 Å². The highest BCUT2D eigenvalue weighted by Crippen LogP contribution is 2.34. The summed E-state index contributed by atoms with van der Waals surface area (Å²) in [6.45, 7) is 1.82. The minimum atomic E-state index is -0.880. The second-order valence-corrected chi connectivity index (χ2v) is 4.54. The number of allylic oxidation sites excluding steroid dienone is 1. The normalized spacial score (nSPS) is 17.3. The highest BCUT2D eigenvalue weighted by molar-refractivity contribution is 5.93. The zero-order valence-corrected chi connectivity index (χ0v) is 10.9. The zero-order valence-electron chi connectivity index (χ0n) is 10.9. The summed E-state index contributed by atoms with van der Waals surface area (Å²) in [5, 5.41) is 18.6. The molecule has 1 aromatic carbocycles. The Morgan fingerprint density at radius 1 is 1.47 bits per heavy atom. The molecule has 0 aliphatic heterocycles. The van der Waals surface area contributed by atoms with Crippen molar-refractivity contribution >= 4 is 11.5 Å². The Labute approximate surface area is 112 Å². The van der Waals surface area contributed by atoms with Crippen LogP contribution in [0.15, 0.2) is 24.3 Å². The summed E-state index contributed by atoms with van der Waals surface area (Å²) in [4.78, 5) is 11.5. The average Bonchev–Trinajstić information content (AvgIpc) is 2.80. The maximum Gasteiger partial charge on any atom is 0.331 e. The largest absolute Gasteiger partial charge is 0.463 e. The number of esters is 1. The quantitative estimate of drug-likeness (QED) is 0.639. The molecule has 2 N–H and O–H groups in total. The van der Waals surface area contributed by atoms with Crippen LogP contribution in [-0.2, 0) is 16.0 Å². The minimum absolute atomic E-state index is 0.310. The van der Waals surface area contributed by atoms with Gasteiger partial charge in [0.25, 0.3) is 0 Å². The molecule has 0 fully saturated rings. The Morgan fingerprint density at radius 2 is 2.26 bits per heavy atom. The van der Waals surface area contributed by atoms with E-state index in [2.05, 4.69) is 0 Å². The molecule has 4 nitrogen and oxygen atoms in total. The zero-order chi connectivity index (χ0) is 13.8. The van der Waals surface area contributed by atoms with E-state index in [1.807, 2.05) is 18.2 Å². The summed E-state index contributed by atoms with van der Waals surface area (Å²) in [6, 6.07) is 5.59. The predicted octanol–water partition coefficient (Wildman–Crippen LogP) is 1.60. The Balaban J connectivity index is 2.29. The van der Waals surface area contributed by atoms with Gasteiger partial charge < -0.3 is 14.9 Å². The van der Waals surface area contributed by atoms with E-state index in [9.17, 15) is 9.90 Å². The van der Waals surface area contributed by atoms with E-state index in [1.54, 1.807) is 6.92 Å². The number of carbonyl (C=O) groups excluding carboxylic acids is 1. The number of hydrogen-bond donors (Lipinski definition) is 2. The van der Waals surface area contributed by atoms with Gasteiger partial charge in [-0.3, -0.25) is 0 Å². The van der Waals surface area contributed by atoms with Gasteiger partial charge >= 0.3 is 5.97 Å². The lowest BCUT2D eigenvalue weighted by molar-refractivity contribution is -0.137. The lowest BCUT2D eigenvalue weighted by Crippen LogP contribution is -2.03. The van der Waals surface area contributed by atoms with Gasteiger partial charge in [-0.05, 0) is 48.1 Å². The molecule has 102 valence electrons. The smallest absolute Gasteiger partial charge is 0.331 e. The molecule has 4 heteroatoms. The van der Waals surface area contributed by atoms with Crippen LogP contribution >= 0.6 is 0 Å². The number of hydrogen-bond acceptors (Lipinski definition) is 4. The molecule has 0 aromatic heterocycles. The molecular weight excluding hydrogens is 244 g/mol. The minimum Gasteiger partial charge on any atom is -0.463 e. The molecule has 2 rings (SSSR count). The molecule has 1 unspecified atom stereocenters. The maximum atomic E-state index is 11.5. The average molecular weight is 262 g/mol. The van der Waals surface area contributed by atoms with Crippen LogP contribution < -0.4 is 0 Å². The molecule has 19 heavy (non-hydrogen) atoms. The highest BCUT2D eigenvalue weighted by Gasteiger charge is 2.19. The second-order valence-electron chi connectivity index (χ2n) is 4.54. The number of fused-ring (bicyclic) bond motifs is 1. The molecule has 0 bridgehead atoms. The van der Waals surface area contributed by atoms with Crippen molar-refractivity contribution in [1.29, 1.82) is 0 Å². The molecule has 1 aromatic rings. The van der Waals surface area contributed by atoms with Gasteiger partial charge in [0.05, 0.1) is 13.2 Å². The number of aliphatic hydroxyl groups is 2. The van der Waals surface area contributed by atoms with Crippen molar-refractivity contribution in [2.75, 3.05) is 13.2 Å². The molecule has 0 saturated heterocycles. The van der Waals surface area contributed by atoms with Crippen molar-refractivity contribution in [3.05, 3.63) is 41.0 Å². The maximum absolute atomic E-state index is 11.5. The first-order chi connectivity index (χ1) is 9.15. The van der Waals surface area contributed by atoms with Gasteiger partial charge in [-0.1, -0.05) is 12.1 Å². The van der Waals surface area contributed by atoms with E-state index in [4.69, 9.17) is 9.84 Å². The number of benzene rings is 1. The summed E-state index contributed by atoms with van der Waals surface area (Å²) in [5.41, 5.74) is 3.72. The SMILES string of the molecule is CCOC(=O)/C=C1\CCc2ccc(C(O)CO)cc21. The van der Waals surface area contributed by atoms with Crippen LogP contribution in [0.25, 0.3) is 5.57 Å². The van der Waals surface area contributed by atoms with E-state index in [0.717, 1.165) is 29.5 Å². The number of carbonyl (C=O) groups is 1. The predicted molar refractivity (Wildman–Crippen MR) is 71.4 cm³/mol. The van der Waals surface area contributed by atoms with Crippen molar-refractivity contribution < 1.29 is 19.7 Å². The van der Waals surface area contributed by atoms with Crippen molar-refractivity contribution in [1.82, 2.24) is 0 Å². The van der Waals surface area contributed by atoms with Gasteiger partial charge in [0, 0.05) is 6.08 Å². The van der Waals surface area contributed by atoms with Crippen molar-refractivity contribution in [3.8, 4) is 0 Å². The molecule has 0 spiro atoms. The van der Waals surface area contributed by atoms with E-state index >= 15 is 0 Å². The summed E-state index contributed by atoms with van der Waals surface area (Å²) < 4.78 is 4.91. The highest BCUT2D eigenvalue weighted by atomic mass is 16.5. The molecule has 1 atom stereocenters. The Hall–Kier alpha value is -1.65. The first kappa shape index (κ1) is 13.8. The van der Waals surface area contributed by atoms with Gasteiger partial charge in [-0.25, -0.2) is 4.79 Å². The summed E-state index contributed by atoms with van der Waals surface area (Å²) >= 11 is 0. The van der Waals surface area contributed by atoms with E-state index in [0.29, 0.717) is 12.2 Å². The fourth-order valence-electron chi connectivity index (χ4n) is 2.30. The van der Waals surface area contributed by atoms with Gasteiger partial charge in [0.2, 0.25) is 0 Å². The van der Waals surface area contributed by atoms with Crippen LogP contribution in [0.5, 0.6) is 0 Å². The lowest BCUT2D eigenvalue weighted by Gasteiger charge is -2.10. The van der Waals surface area contributed by atoms with Crippen LogP contribution in [0.4, 0.5) is 0 Å². The topological polar surface area (TPSA) is 66.8 Å². The van der Waals surface area contributed by atoms with E-state index in [1.165, 1.54) is 6.08 Å². The first-order valence-corrected chi connectivity index (χ1v) is 6.45. The number of aryl methyl sites for hydroxylation is 1. The third kappa shape index (κ3) is 3.03. The summed E-state index contributed by atoms with van der Waals surface area (Å²) in [5.74, 6) is -0.335. The number of aliphatic hydroxyl groups excluding tert-OH is 2. The second kappa shape index (κ2) is 5.99. The van der Waals surface area contributed by atoms with Gasteiger partial charge in [0.15, 0.2) is 0 Å². The van der Waals surface area contributed by atoms with Crippen LogP contribution in [0.2, 0.25) is 0 Å². The molecule has 0 saturated carbocycles. The van der Waals surface area contributed by atoms with Crippen molar-refractivity contribution in [2.45, 2.75) is 25.9 Å². The summed E-state index contributed by atoms with van der Waals surface area (Å²) in [7, 11) is 0. The van der Waals surface area contributed by atoms with Crippen LogP contribution in [0.3, 0.4) is 0 Å². The molecule has 0 radical (unpaired) electrons.